The monoisotopic (exact) mass is 488 g/mol. The number of benzene rings is 1. The number of carbonyl (C=O) groups is 1. The number of fused-ring (bicyclic) bond motifs is 2. The lowest BCUT2D eigenvalue weighted by Crippen LogP contribution is -2.45. The van der Waals surface area contributed by atoms with E-state index in [0.29, 0.717) is 6.54 Å². The molecule has 2 aliphatic rings. The van der Waals surface area contributed by atoms with Crippen LogP contribution in [0.4, 0.5) is 17.6 Å². The number of aliphatic hydroxyl groups excluding tert-OH is 1. The Morgan fingerprint density at radius 2 is 2.13 bits per heavy atom. The highest BCUT2D eigenvalue weighted by Crippen LogP contribution is 2.43. The van der Waals surface area contributed by atoms with Crippen molar-refractivity contribution in [2.45, 2.75) is 31.2 Å². The maximum Gasteiger partial charge on any atom is 0.420 e. The summed E-state index contributed by atoms with van der Waals surface area (Å²) in [6.07, 6.45) is -6.43. The van der Waals surface area contributed by atoms with Crippen LogP contribution in [0.5, 0.6) is 0 Å². The van der Waals surface area contributed by atoms with Crippen molar-refractivity contribution >= 4 is 38.2 Å². The number of hydrogen-bond donors (Lipinski definition) is 2. The first-order valence-electron chi connectivity index (χ1n) is 9.67. The Morgan fingerprint density at radius 1 is 1.40 bits per heavy atom. The Balaban J connectivity index is 1.66. The predicted molar refractivity (Wildman–Crippen MR) is 109 cm³/mol. The van der Waals surface area contributed by atoms with Gasteiger partial charge in [-0.2, -0.15) is 13.2 Å². The summed E-state index contributed by atoms with van der Waals surface area (Å²) in [6.45, 7) is -0.699. The van der Waals surface area contributed by atoms with E-state index in [1.165, 1.54) is 0 Å². The van der Waals surface area contributed by atoms with Gasteiger partial charge in [0, 0.05) is 48.4 Å². The number of carbonyl (C=O) groups excluding carboxylic acids is 1. The third-order valence-electron chi connectivity index (χ3n) is 6.18. The number of likely N-dealkylation sites (N-methyl/N-ethyl adjacent to an activating group) is 1. The molecule has 2 heterocycles. The van der Waals surface area contributed by atoms with Crippen molar-refractivity contribution < 1.29 is 27.5 Å². The zero-order valence-corrected chi connectivity index (χ0v) is 17.7. The number of Topliss-reactive ketones (excluding diaryl/α,β-unsaturated/α-hetero) is 1. The number of halogens is 5. The number of aromatic nitrogens is 1. The van der Waals surface area contributed by atoms with E-state index in [1.807, 2.05) is 36.2 Å². The molecule has 1 aliphatic carbocycles. The van der Waals surface area contributed by atoms with Gasteiger partial charge >= 0.3 is 6.18 Å². The number of hydrogen-bond acceptors (Lipinski definition) is 3. The molecule has 2 N–H and O–H groups in total. The normalized spacial score (nSPS) is 23.8. The van der Waals surface area contributed by atoms with Crippen LogP contribution >= 0.6 is 15.9 Å². The highest BCUT2D eigenvalue weighted by molar-refractivity contribution is 9.10. The molecular formula is C21H21BrF4N2O2. The Labute approximate surface area is 179 Å². The van der Waals surface area contributed by atoms with Crippen molar-refractivity contribution in [2.75, 3.05) is 20.2 Å². The summed E-state index contributed by atoms with van der Waals surface area (Å²) in [5.74, 6) is -2.94. The van der Waals surface area contributed by atoms with Crippen molar-refractivity contribution in [3.05, 3.63) is 40.0 Å². The highest BCUT2D eigenvalue weighted by atomic mass is 79.9. The van der Waals surface area contributed by atoms with Crippen LogP contribution in [0.25, 0.3) is 16.5 Å². The van der Waals surface area contributed by atoms with Crippen molar-refractivity contribution in [1.82, 2.24) is 9.88 Å². The number of nitrogens with one attached hydrogen (secondary N) is 1. The number of nitrogens with zero attached hydrogens (tertiary/aromatic N) is 1. The van der Waals surface area contributed by atoms with Crippen molar-refractivity contribution in [1.29, 1.82) is 0 Å². The molecule has 4 nitrogen and oxygen atoms in total. The molecule has 2 aromatic rings. The summed E-state index contributed by atoms with van der Waals surface area (Å²) in [4.78, 5) is 18.1. The lowest BCUT2D eigenvalue weighted by molar-refractivity contribution is -0.198. The maximum absolute atomic E-state index is 13.7. The van der Waals surface area contributed by atoms with Gasteiger partial charge in [0.15, 0.2) is 0 Å². The molecule has 9 heteroatoms. The average Bonchev–Trinajstić information content (AvgIpc) is 3.02. The van der Waals surface area contributed by atoms with Gasteiger partial charge in [0.2, 0.25) is 6.17 Å². The number of rotatable bonds is 5. The molecule has 1 aromatic carbocycles. The van der Waals surface area contributed by atoms with Gasteiger partial charge in [0.25, 0.3) is 0 Å². The molecule has 30 heavy (non-hydrogen) atoms. The Hall–Kier alpha value is -1.71. The smallest absolute Gasteiger partial charge is 0.396 e. The van der Waals surface area contributed by atoms with Crippen LogP contribution in [0.15, 0.2) is 28.9 Å². The van der Waals surface area contributed by atoms with E-state index in [2.05, 4.69) is 20.9 Å². The summed E-state index contributed by atoms with van der Waals surface area (Å²) in [7, 11) is 1.88. The Morgan fingerprint density at radius 3 is 2.80 bits per heavy atom. The first kappa shape index (κ1) is 21.5. The molecule has 0 radical (unpaired) electrons. The molecular weight excluding hydrogens is 468 g/mol. The number of H-pyrrole nitrogens is 1. The van der Waals surface area contributed by atoms with E-state index in [0.717, 1.165) is 38.6 Å². The molecule has 0 saturated carbocycles. The standard InChI is InChI=1S/C21H21BrF4N2O2/c1-28-8-10(17(30)6-11(9-29)19(23)21(24,25)26)5-13-12-3-2-4-15-18(12)14(7-16(13)28)20(22)27-15/h2-5,10-11,16,19,27,29H,6-9H2,1H3. The number of aromatic amines is 1. The fourth-order valence-corrected chi connectivity index (χ4v) is 5.21. The van der Waals surface area contributed by atoms with Gasteiger partial charge in [-0.15, -0.1) is 0 Å². The fraction of sp³-hybridized carbons (Fsp3) is 0.476. The second-order valence-corrected chi connectivity index (χ2v) is 8.88. The molecule has 0 bridgehead atoms. The van der Waals surface area contributed by atoms with E-state index in [-0.39, 0.29) is 6.04 Å². The van der Waals surface area contributed by atoms with E-state index in [1.54, 1.807) is 0 Å². The molecule has 0 amide bonds. The summed E-state index contributed by atoms with van der Waals surface area (Å²) in [5, 5.41) is 10.3. The van der Waals surface area contributed by atoms with Gasteiger partial charge in [-0.25, -0.2) is 4.39 Å². The topological polar surface area (TPSA) is 56.3 Å². The fourth-order valence-electron chi connectivity index (χ4n) is 4.63. The van der Waals surface area contributed by atoms with Gasteiger partial charge < -0.3 is 10.1 Å². The van der Waals surface area contributed by atoms with Gasteiger partial charge in [-0.05, 0) is 52.2 Å². The quantitative estimate of drug-likeness (QED) is 0.618. The number of alkyl halides is 4. The second kappa shape index (κ2) is 7.76. The zero-order chi connectivity index (χ0) is 21.8. The van der Waals surface area contributed by atoms with Crippen LogP contribution in [0, 0.1) is 11.8 Å². The molecule has 0 spiro atoms. The molecule has 162 valence electrons. The zero-order valence-electron chi connectivity index (χ0n) is 16.1. The summed E-state index contributed by atoms with van der Waals surface area (Å²) < 4.78 is 52.7. The minimum atomic E-state index is -5.10. The first-order valence-corrected chi connectivity index (χ1v) is 10.5. The first-order chi connectivity index (χ1) is 14.1. The molecule has 1 aromatic heterocycles. The maximum atomic E-state index is 13.7. The molecule has 4 unspecified atom stereocenters. The highest BCUT2D eigenvalue weighted by Gasteiger charge is 2.46. The van der Waals surface area contributed by atoms with Crippen molar-refractivity contribution in [3.63, 3.8) is 0 Å². The van der Waals surface area contributed by atoms with Crippen LogP contribution in [0.2, 0.25) is 0 Å². The van der Waals surface area contributed by atoms with E-state index < -0.39 is 43.0 Å². The van der Waals surface area contributed by atoms with E-state index in [4.69, 9.17) is 0 Å². The molecule has 0 saturated heterocycles. The lowest BCUT2D eigenvalue weighted by Gasteiger charge is -2.39. The molecule has 4 rings (SSSR count). The van der Waals surface area contributed by atoms with Crippen LogP contribution in [-0.4, -0.2) is 59.4 Å². The Bertz CT molecular complexity index is 1020. The second-order valence-electron chi connectivity index (χ2n) is 8.09. The third-order valence-corrected chi connectivity index (χ3v) is 6.86. The van der Waals surface area contributed by atoms with E-state index >= 15 is 0 Å². The minimum absolute atomic E-state index is 0.0389. The summed E-state index contributed by atoms with van der Waals surface area (Å²) in [6, 6.07) is 5.89. The van der Waals surface area contributed by atoms with Gasteiger partial charge in [-0.3, -0.25) is 9.69 Å². The largest absolute Gasteiger partial charge is 0.420 e. The molecule has 0 fully saturated rings. The van der Waals surface area contributed by atoms with Crippen LogP contribution < -0.4 is 0 Å². The minimum Gasteiger partial charge on any atom is -0.396 e. The average molecular weight is 489 g/mol. The van der Waals surface area contributed by atoms with Gasteiger partial charge in [-0.1, -0.05) is 18.2 Å². The molecule has 4 atom stereocenters. The van der Waals surface area contributed by atoms with Gasteiger partial charge in [0.1, 0.15) is 5.78 Å². The SMILES string of the molecule is CN1CC(C(=O)CC(CO)C(F)C(F)(F)F)C=C2c3cccc4[nH]c(Br)c(c34)CC21. The van der Waals surface area contributed by atoms with E-state index in [9.17, 15) is 27.5 Å². The van der Waals surface area contributed by atoms with Crippen LogP contribution in [0.3, 0.4) is 0 Å². The lowest BCUT2D eigenvalue weighted by atomic mass is 9.78. The number of aliphatic hydroxyl groups is 1. The summed E-state index contributed by atoms with van der Waals surface area (Å²) in [5.41, 5.74) is 4.07. The van der Waals surface area contributed by atoms with Crippen molar-refractivity contribution in [2.24, 2.45) is 11.8 Å². The summed E-state index contributed by atoms with van der Waals surface area (Å²) >= 11 is 3.58. The number of ketones is 1. The van der Waals surface area contributed by atoms with Crippen molar-refractivity contribution in [3.8, 4) is 0 Å². The van der Waals surface area contributed by atoms with Crippen LogP contribution in [-0.2, 0) is 11.2 Å². The Kier molecular flexibility index (Phi) is 5.57. The molecule has 1 aliphatic heterocycles. The van der Waals surface area contributed by atoms with Crippen LogP contribution in [0.1, 0.15) is 17.5 Å². The third kappa shape index (κ3) is 3.61. The predicted octanol–water partition coefficient (Wildman–Crippen LogP) is 4.27. The van der Waals surface area contributed by atoms with Gasteiger partial charge in [0.05, 0.1) is 4.60 Å².